The first-order chi connectivity index (χ1) is 18.1. The fraction of sp³-hybridized carbons (Fsp3) is 0.719. The van der Waals surface area contributed by atoms with E-state index in [1.807, 2.05) is 24.5 Å². The molecule has 204 valence electrons. The molecule has 0 spiro atoms. The highest BCUT2D eigenvalue weighted by Gasteiger charge is 2.20. The fourth-order valence-corrected chi connectivity index (χ4v) is 5.82. The normalized spacial score (nSPS) is 13.7. The molecule has 4 nitrogen and oxygen atoms in total. The lowest BCUT2D eigenvalue weighted by molar-refractivity contribution is 0.288. The van der Waals surface area contributed by atoms with Gasteiger partial charge in [0.1, 0.15) is 0 Å². The van der Waals surface area contributed by atoms with Crippen molar-refractivity contribution in [2.75, 3.05) is 0 Å². The van der Waals surface area contributed by atoms with Crippen molar-refractivity contribution in [1.29, 1.82) is 0 Å². The number of hydrogen-bond donors (Lipinski definition) is 0. The van der Waals surface area contributed by atoms with Crippen LogP contribution in [0.5, 0.6) is 5.88 Å². The van der Waals surface area contributed by atoms with E-state index in [4.69, 9.17) is 14.4 Å². The third-order valence-corrected chi connectivity index (χ3v) is 8.65. The van der Waals surface area contributed by atoms with Gasteiger partial charge in [-0.15, -0.1) is 0 Å². The minimum absolute atomic E-state index is 0.433. The molecule has 1 aliphatic carbocycles. The van der Waals surface area contributed by atoms with Gasteiger partial charge >= 0.3 is 9.76 Å². The predicted octanol–water partition coefficient (Wildman–Crippen LogP) is 9.41. The molecule has 1 fully saturated rings. The molecule has 0 unspecified atom stereocenters. The van der Waals surface area contributed by atoms with E-state index in [2.05, 4.69) is 25.8 Å². The Hall–Kier alpha value is -1.75. The molecule has 0 bridgehead atoms. The van der Waals surface area contributed by atoms with Gasteiger partial charge in [-0.1, -0.05) is 104 Å². The van der Waals surface area contributed by atoms with Crippen LogP contribution in [-0.4, -0.2) is 24.7 Å². The Morgan fingerprint density at radius 3 is 2.35 bits per heavy atom. The van der Waals surface area contributed by atoms with Crippen molar-refractivity contribution in [3.63, 3.8) is 0 Å². The number of hydrogen-bond acceptors (Lipinski definition) is 4. The van der Waals surface area contributed by atoms with Gasteiger partial charge in [0.25, 0.3) is 0 Å². The van der Waals surface area contributed by atoms with Crippen molar-refractivity contribution in [2.45, 2.75) is 136 Å². The zero-order chi connectivity index (χ0) is 26.2. The van der Waals surface area contributed by atoms with Crippen LogP contribution in [0.25, 0.3) is 11.3 Å². The Morgan fingerprint density at radius 2 is 1.62 bits per heavy atom. The Labute approximate surface area is 229 Å². The summed E-state index contributed by atoms with van der Waals surface area (Å²) in [5.74, 6) is 1.78. The topological polar surface area (TPSA) is 47.9 Å². The van der Waals surface area contributed by atoms with Gasteiger partial charge in [0.05, 0.1) is 23.1 Å². The van der Waals surface area contributed by atoms with E-state index in [1.54, 1.807) is 6.20 Å². The van der Waals surface area contributed by atoms with E-state index >= 15 is 0 Å². The van der Waals surface area contributed by atoms with Crippen molar-refractivity contribution in [2.24, 2.45) is 11.3 Å². The second-order valence-electron chi connectivity index (χ2n) is 11.9. The average molecular weight is 522 g/mol. The number of nitrogens with zero attached hydrogens (tertiary/aromatic N) is 3. The number of rotatable bonds is 21. The van der Waals surface area contributed by atoms with Crippen LogP contribution in [-0.2, 0) is 6.42 Å². The minimum Gasteiger partial charge on any atom is -0.528 e. The van der Waals surface area contributed by atoms with Crippen LogP contribution in [0.3, 0.4) is 0 Å². The highest BCUT2D eigenvalue weighted by molar-refractivity contribution is 6.28. The molecule has 0 saturated heterocycles. The highest BCUT2D eigenvalue weighted by atomic mass is 28.2. The largest absolute Gasteiger partial charge is 0.528 e. The molecular weight excluding hydrogens is 470 g/mol. The fourth-order valence-electron chi connectivity index (χ4n) is 5.02. The summed E-state index contributed by atoms with van der Waals surface area (Å²) in [4.78, 5) is 13.9. The number of pyridine rings is 1. The molecular formula is C32H51N3OSi. The van der Waals surface area contributed by atoms with Gasteiger partial charge in [-0.05, 0) is 55.2 Å². The molecule has 0 amide bonds. The van der Waals surface area contributed by atoms with Crippen molar-refractivity contribution >= 4 is 9.76 Å². The summed E-state index contributed by atoms with van der Waals surface area (Å²) in [5, 5.41) is 0. The average Bonchev–Trinajstić information content (AvgIpc) is 3.74. The maximum atomic E-state index is 6.11. The van der Waals surface area contributed by atoms with Gasteiger partial charge in [0.15, 0.2) is 0 Å². The van der Waals surface area contributed by atoms with Crippen LogP contribution < -0.4 is 4.43 Å². The lowest BCUT2D eigenvalue weighted by Crippen LogP contribution is -2.11. The first kappa shape index (κ1) is 29.8. The molecule has 1 saturated carbocycles. The van der Waals surface area contributed by atoms with E-state index in [9.17, 15) is 0 Å². The van der Waals surface area contributed by atoms with Gasteiger partial charge in [-0.3, -0.25) is 9.97 Å². The second-order valence-corrected chi connectivity index (χ2v) is 12.9. The number of aryl methyl sites for hydroxylation is 1. The summed E-state index contributed by atoms with van der Waals surface area (Å²) in [6.45, 7) is 7.10. The summed E-state index contributed by atoms with van der Waals surface area (Å²) >= 11 is 0. The molecule has 2 aromatic rings. The van der Waals surface area contributed by atoms with Gasteiger partial charge in [-0.2, -0.15) is 0 Å². The molecule has 2 aromatic heterocycles. The summed E-state index contributed by atoms with van der Waals surface area (Å²) in [7, 11) is 0.433. The zero-order valence-corrected chi connectivity index (χ0v) is 24.9. The van der Waals surface area contributed by atoms with Crippen LogP contribution in [0.2, 0.25) is 6.04 Å². The Balaban J connectivity index is 1.31. The molecule has 3 rings (SSSR count). The first-order valence-corrected chi connectivity index (χ1v) is 16.3. The molecule has 37 heavy (non-hydrogen) atoms. The van der Waals surface area contributed by atoms with Gasteiger partial charge in [-0.25, -0.2) is 4.98 Å². The first-order valence-electron chi connectivity index (χ1n) is 15.2. The molecule has 0 N–H and O–H groups in total. The molecule has 2 heterocycles. The number of unbranched alkanes of at least 4 members (excludes halogenated alkanes) is 8. The van der Waals surface area contributed by atoms with Crippen molar-refractivity contribution in [3.05, 3.63) is 36.4 Å². The number of aromatic nitrogens is 3. The van der Waals surface area contributed by atoms with E-state index < -0.39 is 0 Å². The summed E-state index contributed by atoms with van der Waals surface area (Å²) in [6, 6.07) is 5.08. The Kier molecular flexibility index (Phi) is 13.7. The van der Waals surface area contributed by atoms with E-state index in [-0.39, 0.29) is 0 Å². The lowest BCUT2D eigenvalue weighted by Gasteiger charge is -2.24. The third kappa shape index (κ3) is 12.6. The highest BCUT2D eigenvalue weighted by Crippen LogP contribution is 2.34. The second kappa shape index (κ2) is 17.0. The Bertz CT molecular complexity index is 867. The molecule has 0 aromatic carbocycles. The van der Waals surface area contributed by atoms with Gasteiger partial charge < -0.3 is 4.43 Å². The van der Waals surface area contributed by atoms with Crippen molar-refractivity contribution in [1.82, 2.24) is 15.0 Å². The summed E-state index contributed by atoms with van der Waals surface area (Å²) < 4.78 is 6.11. The van der Waals surface area contributed by atoms with E-state index in [0.717, 1.165) is 35.3 Å². The van der Waals surface area contributed by atoms with Gasteiger partial charge in [0.2, 0.25) is 5.88 Å². The lowest BCUT2D eigenvalue weighted by atomic mass is 9.82. The van der Waals surface area contributed by atoms with E-state index in [0.29, 0.717) is 21.1 Å². The molecule has 1 aliphatic rings. The Morgan fingerprint density at radius 1 is 0.865 bits per heavy atom. The smallest absolute Gasteiger partial charge is 0.312 e. The van der Waals surface area contributed by atoms with E-state index in [1.165, 1.54) is 103 Å². The van der Waals surface area contributed by atoms with Crippen molar-refractivity contribution in [3.8, 4) is 17.1 Å². The predicted molar refractivity (Wildman–Crippen MR) is 157 cm³/mol. The quantitative estimate of drug-likeness (QED) is 0.121. The van der Waals surface area contributed by atoms with Crippen LogP contribution in [0.4, 0.5) is 0 Å². The van der Waals surface area contributed by atoms with Crippen molar-refractivity contribution < 1.29 is 4.43 Å². The van der Waals surface area contributed by atoms with Gasteiger partial charge in [0, 0.05) is 12.4 Å². The molecule has 5 heteroatoms. The van der Waals surface area contributed by atoms with Crippen LogP contribution in [0, 0.1) is 11.3 Å². The maximum Gasteiger partial charge on any atom is 0.312 e. The minimum atomic E-state index is 0.433. The van der Waals surface area contributed by atoms with Crippen LogP contribution in [0.1, 0.15) is 129 Å². The maximum absolute atomic E-state index is 6.11. The molecule has 2 radical (unpaired) electrons. The SMILES string of the molecule is CCCCC(C)(C)CCCC[Si]Oc1ncccc1-c1cnc(CCCCCCCCCC2CC2)cn1. The zero-order valence-electron chi connectivity index (χ0n) is 23.9. The summed E-state index contributed by atoms with van der Waals surface area (Å²) in [5.41, 5.74) is 3.34. The molecule has 0 aliphatic heterocycles. The summed E-state index contributed by atoms with van der Waals surface area (Å²) in [6.07, 6.45) is 28.4. The molecule has 0 atom stereocenters. The van der Waals surface area contributed by atoms with Crippen LogP contribution in [0.15, 0.2) is 30.7 Å². The van der Waals surface area contributed by atoms with Crippen LogP contribution >= 0.6 is 0 Å². The standard InChI is InChI=1S/C32H51N3OSi/c1-4-5-21-32(2,3)22-13-14-24-37-36-31-29(18-15-23-33-31)30-26-34-28(25-35-30)17-12-10-8-6-7-9-11-16-27-19-20-27/h15,18,23,25-27H,4-14,16-17,19-22,24H2,1-3H3. The third-order valence-electron chi connectivity index (χ3n) is 7.75. The monoisotopic (exact) mass is 521 g/mol.